The minimum atomic E-state index is -1.45. The number of carbonyl (C=O) groups is 2. The maximum Gasteiger partial charge on any atom is 0.331 e. The molecule has 2 amide bonds. The third-order valence-corrected chi connectivity index (χ3v) is 9.20. The topological polar surface area (TPSA) is 90.3 Å². The number of nitrogens with zero attached hydrogens (tertiary/aromatic N) is 3. The summed E-state index contributed by atoms with van der Waals surface area (Å²) in [6, 6.07) is 52.3. The quantitative estimate of drug-likeness (QED) is 0.0941. The van der Waals surface area contributed by atoms with Crippen LogP contribution in [0.3, 0.4) is 0 Å². The summed E-state index contributed by atoms with van der Waals surface area (Å²) in [4.78, 5) is 41.3. The second-order valence-corrected chi connectivity index (χ2v) is 13.5. The molecule has 0 bridgehead atoms. The number of aliphatic imine (C=N–C) groups is 1. The van der Waals surface area contributed by atoms with Crippen LogP contribution in [0.25, 0.3) is 0 Å². The van der Waals surface area contributed by atoms with E-state index in [-0.39, 0.29) is 18.4 Å². The van der Waals surface area contributed by atoms with E-state index >= 15 is 0 Å². The summed E-state index contributed by atoms with van der Waals surface area (Å²) in [7, 11) is 0. The van der Waals surface area contributed by atoms with Crippen LogP contribution in [0.15, 0.2) is 184 Å². The van der Waals surface area contributed by atoms with E-state index in [1.165, 1.54) is 16.5 Å². The van der Waals surface area contributed by atoms with Crippen molar-refractivity contribution in [2.45, 2.75) is 18.6 Å². The van der Waals surface area contributed by atoms with E-state index in [2.05, 4.69) is 36.9 Å². The van der Waals surface area contributed by atoms with Crippen molar-refractivity contribution >= 4 is 66.8 Å². The Morgan fingerprint density at radius 2 is 1.17 bits per heavy atom. The maximum atomic E-state index is 13.3. The zero-order chi connectivity index (χ0) is 36.8. The summed E-state index contributed by atoms with van der Waals surface area (Å²) in [5, 5.41) is 11.6. The largest absolute Gasteiger partial charge is 0.365 e. The summed E-state index contributed by atoms with van der Waals surface area (Å²) < 4.78 is 2.00. The Bertz CT molecular complexity index is 2080. The fourth-order valence-corrected chi connectivity index (χ4v) is 6.05. The standard InChI is InChI=1S/C21H17BrN2O2.C15H13BrO.C7H5NO/c22-17-11-13-18(14-12-17)23-15-21(26,16-7-3-1-4-8-16)24(20(23)25)19-9-5-2-6-10-19;16-14-9-6-12(7-10-14)8-11-15(17)13-4-2-1-3-5-13;9-6-8-7-4-2-1-3-5-7/h1-14,26H,15H2;1-7,9-10H,8,11H2;1-5H. The Balaban J connectivity index is 0.000000172. The molecule has 7 rings (SSSR count). The van der Waals surface area contributed by atoms with Crippen LogP contribution >= 0.6 is 31.9 Å². The van der Waals surface area contributed by atoms with Crippen LogP contribution in [0.4, 0.5) is 21.9 Å². The third-order valence-electron chi connectivity index (χ3n) is 8.14. The van der Waals surface area contributed by atoms with E-state index in [1.807, 2.05) is 158 Å². The van der Waals surface area contributed by atoms with Crippen LogP contribution in [-0.2, 0) is 16.9 Å². The van der Waals surface area contributed by atoms with E-state index < -0.39 is 5.72 Å². The molecule has 9 heteroatoms. The number of anilines is 2. The average molecular weight is 818 g/mol. The van der Waals surface area contributed by atoms with Crippen molar-refractivity contribution in [3.8, 4) is 0 Å². The first kappa shape index (κ1) is 37.8. The van der Waals surface area contributed by atoms with Crippen molar-refractivity contribution in [1.82, 2.24) is 0 Å². The van der Waals surface area contributed by atoms with Crippen molar-refractivity contribution < 1.29 is 19.5 Å². The second kappa shape index (κ2) is 18.7. The first-order valence-electron chi connectivity index (χ1n) is 16.4. The van der Waals surface area contributed by atoms with Gasteiger partial charge < -0.3 is 5.11 Å². The van der Waals surface area contributed by atoms with Crippen molar-refractivity contribution in [3.63, 3.8) is 0 Å². The minimum Gasteiger partial charge on any atom is -0.365 e. The van der Waals surface area contributed by atoms with Crippen LogP contribution in [0.5, 0.6) is 0 Å². The highest BCUT2D eigenvalue weighted by Crippen LogP contribution is 2.40. The van der Waals surface area contributed by atoms with Gasteiger partial charge >= 0.3 is 6.03 Å². The van der Waals surface area contributed by atoms with E-state index in [0.717, 1.165) is 26.6 Å². The van der Waals surface area contributed by atoms with Crippen LogP contribution < -0.4 is 9.80 Å². The monoisotopic (exact) mass is 815 g/mol. The summed E-state index contributed by atoms with van der Waals surface area (Å²) in [6.07, 6.45) is 2.81. The highest BCUT2D eigenvalue weighted by molar-refractivity contribution is 9.10. The zero-order valence-electron chi connectivity index (χ0n) is 28.1. The van der Waals surface area contributed by atoms with Gasteiger partial charge in [-0.3, -0.25) is 14.6 Å². The van der Waals surface area contributed by atoms with Gasteiger partial charge in [-0.1, -0.05) is 141 Å². The SMILES string of the molecule is O=C(CCc1ccc(Br)cc1)c1ccccc1.O=C1N(c2ccc(Br)cc2)CC(O)(c2ccccc2)N1c1ccccc1.O=C=Nc1ccccc1. The number of amides is 2. The molecule has 260 valence electrons. The van der Waals surface area contributed by atoms with Crippen molar-refractivity contribution in [3.05, 3.63) is 195 Å². The normalized spacial score (nSPS) is 14.6. The molecule has 1 saturated heterocycles. The van der Waals surface area contributed by atoms with E-state index in [0.29, 0.717) is 23.4 Å². The van der Waals surface area contributed by atoms with Crippen LogP contribution in [0, 0.1) is 0 Å². The van der Waals surface area contributed by atoms with E-state index in [1.54, 1.807) is 17.0 Å². The van der Waals surface area contributed by atoms with Gasteiger partial charge in [-0.2, -0.15) is 4.99 Å². The molecule has 7 nitrogen and oxygen atoms in total. The number of carbonyl (C=O) groups excluding carboxylic acids is 3. The Morgan fingerprint density at radius 3 is 1.73 bits per heavy atom. The van der Waals surface area contributed by atoms with Crippen molar-refractivity contribution in [2.75, 3.05) is 16.3 Å². The van der Waals surface area contributed by atoms with Gasteiger partial charge in [-0.25, -0.2) is 9.59 Å². The molecule has 0 aliphatic carbocycles. The highest BCUT2D eigenvalue weighted by Gasteiger charge is 2.51. The molecule has 1 heterocycles. The van der Waals surface area contributed by atoms with Gasteiger partial charge in [0.1, 0.15) is 0 Å². The molecular formula is C43H35Br2N3O4. The first-order chi connectivity index (χ1) is 25.3. The van der Waals surface area contributed by atoms with E-state index in [4.69, 9.17) is 0 Å². The molecule has 52 heavy (non-hydrogen) atoms. The van der Waals surface area contributed by atoms with Gasteiger partial charge in [0, 0.05) is 37.9 Å². The van der Waals surface area contributed by atoms with Gasteiger partial charge in [-0.05, 0) is 72.6 Å². The number of hydrogen-bond acceptors (Lipinski definition) is 5. The number of aryl methyl sites for hydroxylation is 1. The molecular weight excluding hydrogens is 782 g/mol. The number of rotatable bonds is 8. The average Bonchev–Trinajstić information content (AvgIpc) is 3.47. The number of urea groups is 1. The molecule has 0 aromatic heterocycles. The molecule has 1 unspecified atom stereocenters. The lowest BCUT2D eigenvalue weighted by Crippen LogP contribution is -2.44. The lowest BCUT2D eigenvalue weighted by atomic mass is 10.0. The smallest absolute Gasteiger partial charge is 0.331 e. The Labute approximate surface area is 320 Å². The third kappa shape index (κ3) is 10.1. The van der Waals surface area contributed by atoms with Gasteiger partial charge in [0.2, 0.25) is 6.08 Å². The molecule has 1 fully saturated rings. The molecule has 0 spiro atoms. The maximum absolute atomic E-state index is 13.3. The van der Waals surface area contributed by atoms with Crippen molar-refractivity contribution in [2.24, 2.45) is 4.99 Å². The van der Waals surface area contributed by atoms with Gasteiger partial charge in [0.25, 0.3) is 0 Å². The van der Waals surface area contributed by atoms with Gasteiger partial charge in [0.15, 0.2) is 11.5 Å². The number of halogens is 2. The Kier molecular flexibility index (Phi) is 13.6. The van der Waals surface area contributed by atoms with Crippen LogP contribution in [0.1, 0.15) is 27.9 Å². The molecule has 0 radical (unpaired) electrons. The predicted octanol–water partition coefficient (Wildman–Crippen LogP) is 10.7. The Morgan fingerprint density at radius 1 is 0.673 bits per heavy atom. The summed E-state index contributed by atoms with van der Waals surface area (Å²) >= 11 is 6.81. The van der Waals surface area contributed by atoms with Crippen LogP contribution in [-0.4, -0.2) is 29.5 Å². The molecule has 6 aromatic rings. The summed E-state index contributed by atoms with van der Waals surface area (Å²) in [6.45, 7) is 0.145. The molecule has 0 saturated carbocycles. The fraction of sp³-hybridized carbons (Fsp3) is 0.0930. The number of isocyanates is 1. The molecule has 1 atom stereocenters. The second-order valence-electron chi connectivity index (χ2n) is 11.7. The summed E-state index contributed by atoms with van der Waals surface area (Å²) in [5.41, 5.74) is 3.26. The lowest BCUT2D eigenvalue weighted by molar-refractivity contribution is 0.0655. The molecule has 1 aliphatic rings. The van der Waals surface area contributed by atoms with E-state index in [9.17, 15) is 19.5 Å². The number of benzene rings is 6. The zero-order valence-corrected chi connectivity index (χ0v) is 31.2. The number of hydrogen-bond donors (Lipinski definition) is 1. The molecule has 1 N–H and O–H groups in total. The van der Waals surface area contributed by atoms with Gasteiger partial charge in [-0.15, -0.1) is 0 Å². The van der Waals surface area contributed by atoms with Crippen LogP contribution in [0.2, 0.25) is 0 Å². The number of Topliss-reactive ketones (excluding diaryl/α,β-unsaturated/α-hetero) is 1. The first-order valence-corrected chi connectivity index (χ1v) is 18.0. The minimum absolute atomic E-state index is 0.145. The van der Waals surface area contributed by atoms with Gasteiger partial charge in [0.05, 0.1) is 12.2 Å². The molecule has 6 aromatic carbocycles. The van der Waals surface area contributed by atoms with Crippen molar-refractivity contribution in [1.29, 1.82) is 0 Å². The fourth-order valence-electron chi connectivity index (χ4n) is 5.52. The molecule has 1 aliphatic heterocycles. The highest BCUT2D eigenvalue weighted by atomic mass is 79.9. The predicted molar refractivity (Wildman–Crippen MR) is 214 cm³/mol. The lowest BCUT2D eigenvalue weighted by Gasteiger charge is -2.32. The number of aliphatic hydroxyl groups is 1. The number of β-amino-alcohol motifs (C(OH)–C–C–N with tert-alkyl or cyclic N) is 1. The number of para-hydroxylation sites is 2. The Hall–Kier alpha value is -5.44. The summed E-state index contributed by atoms with van der Waals surface area (Å²) in [5.74, 6) is 0.202. The number of ketones is 1.